The molecule has 1 saturated carbocycles. The van der Waals surface area contributed by atoms with Crippen molar-refractivity contribution >= 4 is 0 Å². The van der Waals surface area contributed by atoms with Crippen LogP contribution in [0.15, 0.2) is 24.3 Å². The molecule has 2 nitrogen and oxygen atoms in total. The summed E-state index contributed by atoms with van der Waals surface area (Å²) in [6.45, 7) is 1.10. The summed E-state index contributed by atoms with van der Waals surface area (Å²) >= 11 is 0. The largest absolute Gasteiger partial charge is 0.497 e. The third kappa shape index (κ3) is 3.26. The molecule has 0 heterocycles. The molecule has 0 radical (unpaired) electrons. The average Bonchev–Trinajstić information content (AvgIpc) is 2.93. The minimum absolute atomic E-state index is 0.690. The Balaban J connectivity index is 2.14. The maximum atomic E-state index is 5.36. The minimum atomic E-state index is 0.690. The van der Waals surface area contributed by atoms with E-state index in [1.165, 1.54) is 37.7 Å². The third-order valence-electron chi connectivity index (χ3n) is 4.20. The van der Waals surface area contributed by atoms with Gasteiger partial charge in [-0.2, -0.15) is 0 Å². The number of rotatable bonds is 6. The van der Waals surface area contributed by atoms with Gasteiger partial charge in [0.25, 0.3) is 0 Å². The number of ether oxygens (including phenoxy) is 1. The van der Waals surface area contributed by atoms with Gasteiger partial charge in [0.15, 0.2) is 0 Å². The summed E-state index contributed by atoms with van der Waals surface area (Å²) in [5.41, 5.74) is 1.46. The van der Waals surface area contributed by atoms with Crippen molar-refractivity contribution in [3.63, 3.8) is 0 Å². The molecule has 0 saturated heterocycles. The standard InChI is InChI=1S/C16H25NO/c1-17-11-10-16(13-6-3-4-7-13)14-8-5-9-15(12-14)18-2/h5,8-9,12-13,16-17H,3-4,6-7,10-11H2,1-2H3. The van der Waals surface area contributed by atoms with Gasteiger partial charge in [-0.05, 0) is 62.4 Å². The number of methoxy groups -OCH3 is 1. The average molecular weight is 247 g/mol. The summed E-state index contributed by atoms with van der Waals surface area (Å²) in [5, 5.41) is 3.29. The first-order valence-electron chi connectivity index (χ1n) is 7.13. The van der Waals surface area contributed by atoms with E-state index in [1.54, 1.807) is 7.11 Å². The molecule has 2 heteroatoms. The quantitative estimate of drug-likeness (QED) is 0.829. The Labute approximate surface area is 111 Å². The van der Waals surface area contributed by atoms with Gasteiger partial charge in [0.05, 0.1) is 7.11 Å². The highest BCUT2D eigenvalue weighted by Gasteiger charge is 2.26. The van der Waals surface area contributed by atoms with Crippen molar-refractivity contribution in [2.24, 2.45) is 5.92 Å². The molecule has 1 fully saturated rings. The molecular weight excluding hydrogens is 222 g/mol. The molecule has 1 atom stereocenters. The molecule has 0 aliphatic heterocycles. The first-order valence-corrected chi connectivity index (χ1v) is 7.13. The normalized spacial score (nSPS) is 17.9. The van der Waals surface area contributed by atoms with Crippen LogP contribution in [0.2, 0.25) is 0 Å². The van der Waals surface area contributed by atoms with E-state index in [4.69, 9.17) is 4.74 Å². The monoisotopic (exact) mass is 247 g/mol. The number of nitrogens with one attached hydrogen (secondary N) is 1. The Hall–Kier alpha value is -1.02. The predicted octanol–water partition coefficient (Wildman–Crippen LogP) is 3.58. The van der Waals surface area contributed by atoms with Gasteiger partial charge in [-0.15, -0.1) is 0 Å². The molecule has 2 rings (SSSR count). The van der Waals surface area contributed by atoms with Crippen LogP contribution < -0.4 is 10.1 Å². The van der Waals surface area contributed by atoms with E-state index >= 15 is 0 Å². The zero-order valence-electron chi connectivity index (χ0n) is 11.6. The molecule has 0 amide bonds. The summed E-state index contributed by atoms with van der Waals surface area (Å²) in [6.07, 6.45) is 6.83. The number of benzene rings is 1. The maximum absolute atomic E-state index is 5.36. The van der Waals surface area contributed by atoms with E-state index in [0.29, 0.717) is 5.92 Å². The minimum Gasteiger partial charge on any atom is -0.497 e. The Morgan fingerprint density at radius 3 is 2.78 bits per heavy atom. The van der Waals surface area contributed by atoms with E-state index in [9.17, 15) is 0 Å². The molecule has 0 bridgehead atoms. The van der Waals surface area contributed by atoms with Gasteiger partial charge < -0.3 is 10.1 Å². The van der Waals surface area contributed by atoms with Crippen LogP contribution in [-0.2, 0) is 0 Å². The smallest absolute Gasteiger partial charge is 0.119 e. The highest BCUT2D eigenvalue weighted by atomic mass is 16.5. The molecular formula is C16H25NO. The van der Waals surface area contributed by atoms with Crippen molar-refractivity contribution in [2.75, 3.05) is 20.7 Å². The van der Waals surface area contributed by atoms with Crippen LogP contribution in [0.3, 0.4) is 0 Å². The van der Waals surface area contributed by atoms with Crippen LogP contribution in [0.1, 0.15) is 43.6 Å². The van der Waals surface area contributed by atoms with Gasteiger partial charge >= 0.3 is 0 Å². The van der Waals surface area contributed by atoms with Gasteiger partial charge in [0, 0.05) is 0 Å². The zero-order chi connectivity index (χ0) is 12.8. The van der Waals surface area contributed by atoms with Crippen molar-refractivity contribution in [3.05, 3.63) is 29.8 Å². The molecule has 0 spiro atoms. The first kappa shape index (κ1) is 13.4. The van der Waals surface area contributed by atoms with E-state index in [0.717, 1.165) is 18.2 Å². The van der Waals surface area contributed by atoms with Crippen LogP contribution in [-0.4, -0.2) is 20.7 Å². The summed E-state index contributed by atoms with van der Waals surface area (Å²) in [7, 11) is 3.79. The fourth-order valence-corrected chi connectivity index (χ4v) is 3.21. The second kappa shape index (κ2) is 6.79. The molecule has 1 unspecified atom stereocenters. The first-order chi connectivity index (χ1) is 8.85. The molecule has 0 aromatic heterocycles. The lowest BCUT2D eigenvalue weighted by Crippen LogP contribution is -2.17. The van der Waals surface area contributed by atoms with Crippen molar-refractivity contribution in [2.45, 2.75) is 38.0 Å². The lowest BCUT2D eigenvalue weighted by molar-refractivity contribution is 0.397. The number of hydrogen-bond donors (Lipinski definition) is 1. The van der Waals surface area contributed by atoms with Crippen molar-refractivity contribution < 1.29 is 4.74 Å². The zero-order valence-corrected chi connectivity index (χ0v) is 11.6. The molecule has 1 N–H and O–H groups in total. The lowest BCUT2D eigenvalue weighted by Gasteiger charge is -2.24. The fraction of sp³-hybridized carbons (Fsp3) is 0.625. The van der Waals surface area contributed by atoms with Gasteiger partial charge in [-0.3, -0.25) is 0 Å². The number of hydrogen-bond acceptors (Lipinski definition) is 2. The van der Waals surface area contributed by atoms with Crippen LogP contribution in [0.25, 0.3) is 0 Å². The van der Waals surface area contributed by atoms with Gasteiger partial charge in [-0.1, -0.05) is 25.0 Å². The van der Waals surface area contributed by atoms with E-state index in [2.05, 4.69) is 23.5 Å². The third-order valence-corrected chi connectivity index (χ3v) is 4.20. The molecule has 1 aliphatic rings. The SMILES string of the molecule is CNCCC(c1cccc(OC)c1)C1CCCC1. The topological polar surface area (TPSA) is 21.3 Å². The second-order valence-electron chi connectivity index (χ2n) is 5.32. The van der Waals surface area contributed by atoms with Crippen LogP contribution in [0.5, 0.6) is 5.75 Å². The van der Waals surface area contributed by atoms with Crippen molar-refractivity contribution in [1.82, 2.24) is 5.32 Å². The maximum Gasteiger partial charge on any atom is 0.119 e. The molecule has 18 heavy (non-hydrogen) atoms. The van der Waals surface area contributed by atoms with Crippen LogP contribution >= 0.6 is 0 Å². The molecule has 100 valence electrons. The van der Waals surface area contributed by atoms with Gasteiger partial charge in [-0.25, -0.2) is 0 Å². The van der Waals surface area contributed by atoms with Crippen molar-refractivity contribution in [1.29, 1.82) is 0 Å². The van der Waals surface area contributed by atoms with Crippen LogP contribution in [0.4, 0.5) is 0 Å². The highest BCUT2D eigenvalue weighted by molar-refractivity contribution is 5.31. The fourth-order valence-electron chi connectivity index (χ4n) is 3.21. The molecule has 1 aromatic rings. The Kier molecular flexibility index (Phi) is 5.06. The van der Waals surface area contributed by atoms with E-state index in [-0.39, 0.29) is 0 Å². The van der Waals surface area contributed by atoms with Gasteiger partial charge in [0.2, 0.25) is 0 Å². The molecule has 1 aromatic carbocycles. The van der Waals surface area contributed by atoms with E-state index < -0.39 is 0 Å². The Morgan fingerprint density at radius 2 is 2.11 bits per heavy atom. The summed E-state index contributed by atoms with van der Waals surface area (Å²) in [4.78, 5) is 0. The summed E-state index contributed by atoms with van der Waals surface area (Å²) in [6, 6.07) is 8.64. The van der Waals surface area contributed by atoms with Crippen LogP contribution in [0, 0.1) is 5.92 Å². The van der Waals surface area contributed by atoms with Gasteiger partial charge in [0.1, 0.15) is 5.75 Å². The predicted molar refractivity (Wildman–Crippen MR) is 76.2 cm³/mol. The molecule has 1 aliphatic carbocycles. The Morgan fingerprint density at radius 1 is 1.33 bits per heavy atom. The lowest BCUT2D eigenvalue weighted by atomic mass is 9.82. The van der Waals surface area contributed by atoms with E-state index in [1.807, 2.05) is 13.1 Å². The summed E-state index contributed by atoms with van der Waals surface area (Å²) < 4.78 is 5.36. The summed E-state index contributed by atoms with van der Waals surface area (Å²) in [5.74, 6) is 2.54. The van der Waals surface area contributed by atoms with Crippen molar-refractivity contribution in [3.8, 4) is 5.75 Å². The second-order valence-corrected chi connectivity index (χ2v) is 5.32. The Bertz CT molecular complexity index is 358. The highest BCUT2D eigenvalue weighted by Crippen LogP contribution is 2.39.